The third kappa shape index (κ3) is 1.65. The summed E-state index contributed by atoms with van der Waals surface area (Å²) in [6.45, 7) is 5.30. The first-order valence-corrected chi connectivity index (χ1v) is 4.99. The molecule has 0 amide bonds. The van der Waals surface area contributed by atoms with Crippen molar-refractivity contribution >= 4 is 0 Å². The average Bonchev–Trinajstić information content (AvgIpc) is 2.58. The average molecular weight is 196 g/mol. The molecule has 1 atom stereocenters. The van der Waals surface area contributed by atoms with Crippen LogP contribution in [0, 0.1) is 0 Å². The SMILES string of the molecule is CCOCC1CNCc2nnn(C)c21. The normalized spacial score (nSPS) is 20.9. The molecule has 1 aromatic rings. The van der Waals surface area contributed by atoms with Crippen LogP contribution in [0.4, 0.5) is 0 Å². The van der Waals surface area contributed by atoms with E-state index < -0.39 is 0 Å². The summed E-state index contributed by atoms with van der Waals surface area (Å²) >= 11 is 0. The van der Waals surface area contributed by atoms with E-state index in [0.717, 1.165) is 32.0 Å². The molecule has 0 saturated heterocycles. The van der Waals surface area contributed by atoms with Gasteiger partial charge in [-0.25, -0.2) is 0 Å². The number of aryl methyl sites for hydroxylation is 1. The molecule has 2 rings (SSSR count). The molecule has 5 nitrogen and oxygen atoms in total. The van der Waals surface area contributed by atoms with Crippen molar-refractivity contribution in [3.05, 3.63) is 11.4 Å². The maximum atomic E-state index is 5.45. The molecular formula is C9H16N4O. The highest BCUT2D eigenvalue weighted by molar-refractivity contribution is 5.19. The summed E-state index contributed by atoms with van der Waals surface area (Å²) in [6, 6.07) is 0. The summed E-state index contributed by atoms with van der Waals surface area (Å²) in [5.74, 6) is 0.388. The second-order valence-electron chi connectivity index (χ2n) is 3.53. The van der Waals surface area contributed by atoms with Crippen molar-refractivity contribution in [2.75, 3.05) is 19.8 Å². The lowest BCUT2D eigenvalue weighted by Crippen LogP contribution is -2.32. The molecule has 1 aromatic heterocycles. The predicted molar refractivity (Wildman–Crippen MR) is 51.9 cm³/mol. The fraction of sp³-hybridized carbons (Fsp3) is 0.778. The number of fused-ring (bicyclic) bond motifs is 1. The maximum Gasteiger partial charge on any atom is 0.100 e. The van der Waals surface area contributed by atoms with Gasteiger partial charge in [0.25, 0.3) is 0 Å². The molecule has 5 heteroatoms. The minimum atomic E-state index is 0.388. The van der Waals surface area contributed by atoms with E-state index in [1.165, 1.54) is 5.69 Å². The van der Waals surface area contributed by atoms with Crippen LogP contribution >= 0.6 is 0 Å². The van der Waals surface area contributed by atoms with E-state index in [-0.39, 0.29) is 0 Å². The number of nitrogens with zero attached hydrogens (tertiary/aromatic N) is 3. The molecule has 0 aliphatic carbocycles. The summed E-state index contributed by atoms with van der Waals surface area (Å²) < 4.78 is 7.31. The van der Waals surface area contributed by atoms with Crippen LogP contribution in [-0.2, 0) is 18.3 Å². The number of ether oxygens (including phenoxy) is 1. The third-order valence-electron chi connectivity index (χ3n) is 2.54. The monoisotopic (exact) mass is 196 g/mol. The highest BCUT2D eigenvalue weighted by Crippen LogP contribution is 2.21. The predicted octanol–water partition coefficient (Wildman–Crippen LogP) is 0.0384. The molecule has 1 N–H and O–H groups in total. The summed E-state index contributed by atoms with van der Waals surface area (Å²) in [7, 11) is 1.94. The molecule has 0 spiro atoms. The fourth-order valence-electron chi connectivity index (χ4n) is 1.89. The molecule has 0 radical (unpaired) electrons. The standard InChI is InChI=1S/C9H16N4O/c1-3-14-6-7-4-10-5-8-9(7)13(2)12-11-8/h7,10H,3-6H2,1-2H3. The number of hydrogen-bond donors (Lipinski definition) is 1. The number of aromatic nitrogens is 3. The molecule has 2 heterocycles. The Morgan fingerprint density at radius 2 is 2.50 bits per heavy atom. The quantitative estimate of drug-likeness (QED) is 0.741. The first kappa shape index (κ1) is 9.61. The highest BCUT2D eigenvalue weighted by Gasteiger charge is 2.24. The lowest BCUT2D eigenvalue weighted by molar-refractivity contribution is 0.127. The summed E-state index contributed by atoms with van der Waals surface area (Å²) in [4.78, 5) is 0. The van der Waals surface area contributed by atoms with Crippen molar-refractivity contribution in [3.8, 4) is 0 Å². The molecule has 14 heavy (non-hydrogen) atoms. The van der Waals surface area contributed by atoms with Gasteiger partial charge >= 0.3 is 0 Å². The Labute approximate surface area is 83.4 Å². The van der Waals surface area contributed by atoms with Gasteiger partial charge in [0.2, 0.25) is 0 Å². The minimum absolute atomic E-state index is 0.388. The largest absolute Gasteiger partial charge is 0.381 e. The van der Waals surface area contributed by atoms with E-state index in [0.29, 0.717) is 5.92 Å². The Morgan fingerprint density at radius 1 is 1.64 bits per heavy atom. The zero-order valence-corrected chi connectivity index (χ0v) is 8.66. The van der Waals surface area contributed by atoms with Gasteiger partial charge in [-0.05, 0) is 6.92 Å². The second-order valence-corrected chi connectivity index (χ2v) is 3.53. The van der Waals surface area contributed by atoms with Crippen LogP contribution in [0.2, 0.25) is 0 Å². The summed E-state index contributed by atoms with van der Waals surface area (Å²) in [5.41, 5.74) is 2.28. The Balaban J connectivity index is 2.16. The summed E-state index contributed by atoms with van der Waals surface area (Å²) in [6.07, 6.45) is 0. The first-order valence-electron chi connectivity index (χ1n) is 4.99. The van der Waals surface area contributed by atoms with Gasteiger partial charge in [0, 0.05) is 32.7 Å². The van der Waals surface area contributed by atoms with E-state index in [9.17, 15) is 0 Å². The zero-order chi connectivity index (χ0) is 9.97. The number of rotatable bonds is 3. The first-order chi connectivity index (χ1) is 6.83. The van der Waals surface area contributed by atoms with Gasteiger partial charge in [-0.1, -0.05) is 5.21 Å². The molecule has 1 aliphatic heterocycles. The Morgan fingerprint density at radius 3 is 3.29 bits per heavy atom. The van der Waals surface area contributed by atoms with E-state index in [2.05, 4.69) is 15.6 Å². The fourth-order valence-corrected chi connectivity index (χ4v) is 1.89. The van der Waals surface area contributed by atoms with Gasteiger partial charge in [-0.3, -0.25) is 4.68 Å². The van der Waals surface area contributed by atoms with Crippen LogP contribution in [-0.4, -0.2) is 34.8 Å². The molecule has 78 valence electrons. The lowest BCUT2D eigenvalue weighted by Gasteiger charge is -2.22. The van der Waals surface area contributed by atoms with Crippen molar-refractivity contribution < 1.29 is 4.74 Å². The van der Waals surface area contributed by atoms with Crippen LogP contribution in [0.15, 0.2) is 0 Å². The minimum Gasteiger partial charge on any atom is -0.381 e. The highest BCUT2D eigenvalue weighted by atomic mass is 16.5. The Hall–Kier alpha value is -0.940. The topological polar surface area (TPSA) is 52.0 Å². The van der Waals surface area contributed by atoms with Gasteiger partial charge in [0.1, 0.15) is 5.69 Å². The van der Waals surface area contributed by atoms with E-state index >= 15 is 0 Å². The van der Waals surface area contributed by atoms with E-state index in [4.69, 9.17) is 4.74 Å². The van der Waals surface area contributed by atoms with Gasteiger partial charge in [0.05, 0.1) is 12.3 Å². The Kier molecular flexibility index (Phi) is 2.79. The zero-order valence-electron chi connectivity index (χ0n) is 8.66. The Bertz CT molecular complexity index is 310. The van der Waals surface area contributed by atoms with Gasteiger partial charge in [-0.2, -0.15) is 0 Å². The van der Waals surface area contributed by atoms with Crippen LogP contribution < -0.4 is 5.32 Å². The number of nitrogens with one attached hydrogen (secondary N) is 1. The van der Waals surface area contributed by atoms with Crippen LogP contribution in [0.5, 0.6) is 0 Å². The van der Waals surface area contributed by atoms with Crippen molar-refractivity contribution in [3.63, 3.8) is 0 Å². The molecular weight excluding hydrogens is 180 g/mol. The molecule has 0 fully saturated rings. The van der Waals surface area contributed by atoms with Crippen molar-refractivity contribution in [2.45, 2.75) is 19.4 Å². The lowest BCUT2D eigenvalue weighted by atomic mass is 10.0. The van der Waals surface area contributed by atoms with Crippen LogP contribution in [0.25, 0.3) is 0 Å². The van der Waals surface area contributed by atoms with E-state index in [1.54, 1.807) is 0 Å². The van der Waals surface area contributed by atoms with Crippen molar-refractivity contribution in [1.82, 2.24) is 20.3 Å². The van der Waals surface area contributed by atoms with Gasteiger partial charge in [-0.15, -0.1) is 5.10 Å². The van der Waals surface area contributed by atoms with Crippen LogP contribution in [0.3, 0.4) is 0 Å². The van der Waals surface area contributed by atoms with Gasteiger partial charge < -0.3 is 10.1 Å². The third-order valence-corrected chi connectivity index (χ3v) is 2.54. The summed E-state index contributed by atoms with van der Waals surface area (Å²) in [5, 5.41) is 11.5. The molecule has 0 saturated carbocycles. The molecule has 0 aromatic carbocycles. The van der Waals surface area contributed by atoms with Crippen LogP contribution in [0.1, 0.15) is 24.2 Å². The van der Waals surface area contributed by atoms with Gasteiger partial charge in [0.15, 0.2) is 0 Å². The molecule has 1 unspecified atom stereocenters. The van der Waals surface area contributed by atoms with E-state index in [1.807, 2.05) is 18.7 Å². The van der Waals surface area contributed by atoms with Crippen molar-refractivity contribution in [1.29, 1.82) is 0 Å². The number of hydrogen-bond acceptors (Lipinski definition) is 4. The maximum absolute atomic E-state index is 5.45. The molecule has 1 aliphatic rings. The smallest absolute Gasteiger partial charge is 0.100 e. The molecule has 0 bridgehead atoms. The van der Waals surface area contributed by atoms with Crippen molar-refractivity contribution in [2.24, 2.45) is 7.05 Å². The second kappa shape index (κ2) is 4.06.